The first-order chi connectivity index (χ1) is 13.0. The molecule has 0 aliphatic heterocycles. The van der Waals surface area contributed by atoms with Crippen LogP contribution in [0.1, 0.15) is 19.9 Å². The fraction of sp³-hybridized carbons (Fsp3) is 0.250. The van der Waals surface area contributed by atoms with Crippen molar-refractivity contribution in [3.05, 3.63) is 54.6 Å². The number of nitrogens with zero attached hydrogens (tertiary/aromatic N) is 3. The molecule has 3 rings (SSSR count). The summed E-state index contributed by atoms with van der Waals surface area (Å²) in [5.41, 5.74) is 3.28. The van der Waals surface area contributed by atoms with Crippen molar-refractivity contribution < 1.29 is 13.9 Å². The molecular weight excluding hydrogens is 347 g/mol. The van der Waals surface area contributed by atoms with Gasteiger partial charge in [-0.05, 0) is 55.8 Å². The van der Waals surface area contributed by atoms with Gasteiger partial charge in [0.15, 0.2) is 0 Å². The van der Waals surface area contributed by atoms with Gasteiger partial charge in [0.25, 0.3) is 5.91 Å². The maximum absolute atomic E-state index is 13.3. The zero-order valence-electron chi connectivity index (χ0n) is 15.4. The van der Waals surface area contributed by atoms with Crippen molar-refractivity contribution >= 4 is 11.7 Å². The third-order valence-electron chi connectivity index (χ3n) is 3.99. The highest BCUT2D eigenvalue weighted by Gasteiger charge is 2.15. The zero-order valence-corrected chi connectivity index (χ0v) is 15.4. The monoisotopic (exact) mass is 368 g/mol. The first kappa shape index (κ1) is 18.7. The van der Waals surface area contributed by atoms with E-state index < -0.39 is 0 Å². The average molecular weight is 368 g/mol. The van der Waals surface area contributed by atoms with Crippen LogP contribution >= 0.6 is 0 Å². The van der Waals surface area contributed by atoms with Crippen molar-refractivity contribution in [1.82, 2.24) is 14.8 Å². The molecule has 1 amide bonds. The third kappa shape index (κ3) is 4.38. The van der Waals surface area contributed by atoms with Crippen LogP contribution in [0, 0.1) is 5.82 Å². The number of amides is 1. The summed E-state index contributed by atoms with van der Waals surface area (Å²) in [5.74, 6) is -0.147. The predicted octanol–water partition coefficient (Wildman–Crippen LogP) is 3.92. The lowest BCUT2D eigenvalue weighted by Crippen LogP contribution is -2.17. The van der Waals surface area contributed by atoms with E-state index in [9.17, 15) is 9.18 Å². The van der Waals surface area contributed by atoms with Crippen LogP contribution in [0.15, 0.2) is 48.8 Å². The third-order valence-corrected chi connectivity index (χ3v) is 3.99. The highest BCUT2D eigenvalue weighted by molar-refractivity contribution is 5.91. The van der Waals surface area contributed by atoms with Crippen LogP contribution in [-0.2, 0) is 9.53 Å². The van der Waals surface area contributed by atoms with Crippen molar-refractivity contribution in [2.45, 2.75) is 19.9 Å². The Balaban J connectivity index is 2.03. The van der Waals surface area contributed by atoms with Crippen molar-refractivity contribution in [3.8, 4) is 22.4 Å². The van der Waals surface area contributed by atoms with Crippen molar-refractivity contribution in [2.24, 2.45) is 0 Å². The maximum atomic E-state index is 13.3. The van der Waals surface area contributed by atoms with Gasteiger partial charge in [0.1, 0.15) is 23.9 Å². The van der Waals surface area contributed by atoms with E-state index in [2.05, 4.69) is 15.4 Å². The molecule has 2 heterocycles. The first-order valence-corrected chi connectivity index (χ1v) is 8.58. The molecule has 2 aromatic heterocycles. The van der Waals surface area contributed by atoms with Crippen LogP contribution in [0.2, 0.25) is 0 Å². The minimum atomic E-state index is -0.296. The van der Waals surface area contributed by atoms with Crippen molar-refractivity contribution in [3.63, 3.8) is 0 Å². The van der Waals surface area contributed by atoms with Crippen molar-refractivity contribution in [1.29, 1.82) is 0 Å². The van der Waals surface area contributed by atoms with Gasteiger partial charge in [0.2, 0.25) is 0 Å². The molecule has 0 fully saturated rings. The molecule has 7 heteroatoms. The number of carbonyl (C=O) groups is 1. The molecule has 140 valence electrons. The number of carbonyl (C=O) groups excluding carboxylic acids is 1. The van der Waals surface area contributed by atoms with Crippen LogP contribution in [0.4, 0.5) is 10.2 Å². The molecule has 0 saturated heterocycles. The van der Waals surface area contributed by atoms with Gasteiger partial charge in [-0.1, -0.05) is 0 Å². The smallest absolute Gasteiger partial charge is 0.251 e. The van der Waals surface area contributed by atoms with E-state index in [1.54, 1.807) is 24.4 Å². The number of ether oxygens (including phenoxy) is 1. The Bertz CT molecular complexity index is 935. The lowest BCUT2D eigenvalue weighted by Gasteiger charge is -2.07. The number of halogens is 1. The molecule has 0 aliphatic carbocycles. The quantitative estimate of drug-likeness (QED) is 0.716. The standard InChI is InChI=1S/C20H21FN4O2/c1-13(2)25-11-17(20(24-25)14-4-6-16(21)7-5-14)15-8-9-22-18(10-15)23-19(26)12-27-3/h4-11,13H,12H2,1-3H3,(H,22,23,26). The number of aromatic nitrogens is 3. The first-order valence-electron chi connectivity index (χ1n) is 8.58. The summed E-state index contributed by atoms with van der Waals surface area (Å²) in [6.45, 7) is 4.03. The van der Waals surface area contributed by atoms with Crippen LogP contribution in [-0.4, -0.2) is 34.4 Å². The van der Waals surface area contributed by atoms with Gasteiger partial charge >= 0.3 is 0 Å². The Kier molecular flexibility index (Phi) is 5.61. The summed E-state index contributed by atoms with van der Waals surface area (Å²) in [6.07, 6.45) is 3.57. The van der Waals surface area contributed by atoms with Gasteiger partial charge in [-0.15, -0.1) is 0 Å². The number of hydrogen-bond acceptors (Lipinski definition) is 4. The Hall–Kier alpha value is -3.06. The lowest BCUT2D eigenvalue weighted by atomic mass is 10.0. The van der Waals surface area contributed by atoms with E-state index in [1.165, 1.54) is 19.2 Å². The number of benzene rings is 1. The second-order valence-electron chi connectivity index (χ2n) is 6.38. The molecule has 0 unspecified atom stereocenters. The molecule has 0 bridgehead atoms. The van der Waals surface area contributed by atoms with Gasteiger partial charge in [-0.2, -0.15) is 5.10 Å². The molecule has 0 spiro atoms. The maximum Gasteiger partial charge on any atom is 0.251 e. The molecule has 0 atom stereocenters. The van der Waals surface area contributed by atoms with Gasteiger partial charge in [0, 0.05) is 36.7 Å². The second kappa shape index (κ2) is 8.09. The highest BCUT2D eigenvalue weighted by Crippen LogP contribution is 2.32. The molecule has 27 heavy (non-hydrogen) atoms. The lowest BCUT2D eigenvalue weighted by molar-refractivity contribution is -0.119. The molecule has 3 aromatic rings. The molecule has 1 aromatic carbocycles. The summed E-state index contributed by atoms with van der Waals surface area (Å²) in [4.78, 5) is 15.9. The molecular formula is C20H21FN4O2. The molecule has 1 N–H and O–H groups in total. The number of pyridine rings is 1. The summed E-state index contributed by atoms with van der Waals surface area (Å²) in [7, 11) is 1.46. The summed E-state index contributed by atoms with van der Waals surface area (Å²) in [6, 6.07) is 10.0. The normalized spacial score (nSPS) is 11.0. The van der Waals surface area contributed by atoms with Gasteiger partial charge < -0.3 is 10.1 Å². The van der Waals surface area contributed by atoms with Crippen LogP contribution in [0.3, 0.4) is 0 Å². The Morgan fingerprint density at radius 3 is 2.63 bits per heavy atom. The van der Waals surface area contributed by atoms with Crippen molar-refractivity contribution in [2.75, 3.05) is 19.0 Å². The molecule has 6 nitrogen and oxygen atoms in total. The largest absolute Gasteiger partial charge is 0.375 e. The van der Waals surface area contributed by atoms with E-state index in [4.69, 9.17) is 4.74 Å². The van der Waals surface area contributed by atoms with E-state index >= 15 is 0 Å². The topological polar surface area (TPSA) is 69.0 Å². The van der Waals surface area contributed by atoms with Crippen LogP contribution in [0.25, 0.3) is 22.4 Å². The second-order valence-corrected chi connectivity index (χ2v) is 6.38. The Labute approximate surface area is 157 Å². The number of rotatable bonds is 6. The minimum absolute atomic E-state index is 0.0436. The minimum Gasteiger partial charge on any atom is -0.375 e. The van der Waals surface area contributed by atoms with Crippen LogP contribution in [0.5, 0.6) is 0 Å². The molecule has 0 radical (unpaired) electrons. The summed E-state index contributed by atoms with van der Waals surface area (Å²) < 4.78 is 20.0. The average Bonchev–Trinajstić information content (AvgIpc) is 3.08. The Morgan fingerprint density at radius 2 is 1.96 bits per heavy atom. The number of anilines is 1. The van der Waals surface area contributed by atoms with Gasteiger partial charge in [0.05, 0.1) is 0 Å². The fourth-order valence-electron chi connectivity index (χ4n) is 2.66. The van der Waals surface area contributed by atoms with Gasteiger partial charge in [-0.25, -0.2) is 9.37 Å². The van der Waals surface area contributed by atoms with Crippen LogP contribution < -0.4 is 5.32 Å². The Morgan fingerprint density at radius 1 is 1.22 bits per heavy atom. The SMILES string of the molecule is COCC(=O)Nc1cc(-c2cn(C(C)C)nc2-c2ccc(F)cc2)ccn1. The van der Waals surface area contributed by atoms with E-state index in [1.807, 2.05) is 30.8 Å². The van der Waals surface area contributed by atoms with Gasteiger partial charge in [-0.3, -0.25) is 9.48 Å². The predicted molar refractivity (Wildman–Crippen MR) is 102 cm³/mol. The van der Waals surface area contributed by atoms with E-state index in [0.29, 0.717) is 5.82 Å². The fourth-order valence-corrected chi connectivity index (χ4v) is 2.66. The number of nitrogens with one attached hydrogen (secondary N) is 1. The summed E-state index contributed by atoms with van der Waals surface area (Å²) in [5, 5.41) is 7.37. The molecule has 0 aliphatic rings. The number of methoxy groups -OCH3 is 1. The number of hydrogen-bond donors (Lipinski definition) is 1. The van der Waals surface area contributed by atoms with E-state index in [-0.39, 0.29) is 24.4 Å². The molecule has 0 saturated carbocycles. The zero-order chi connectivity index (χ0) is 19.4. The summed E-state index contributed by atoms with van der Waals surface area (Å²) >= 11 is 0. The highest BCUT2D eigenvalue weighted by atomic mass is 19.1. The van der Waals surface area contributed by atoms with E-state index in [0.717, 1.165) is 22.4 Å².